The summed E-state index contributed by atoms with van der Waals surface area (Å²) >= 11 is 1.50. The van der Waals surface area contributed by atoms with Gasteiger partial charge in [-0.05, 0) is 80.4 Å². The molecule has 0 aromatic heterocycles. The van der Waals surface area contributed by atoms with Crippen molar-refractivity contribution in [1.82, 2.24) is 15.1 Å². The van der Waals surface area contributed by atoms with Crippen LogP contribution in [0.1, 0.15) is 46.0 Å². The molecule has 0 bridgehead atoms. The molecule has 5 rings (SSSR count). The van der Waals surface area contributed by atoms with Crippen LogP contribution in [0.2, 0.25) is 0 Å². The Hall–Kier alpha value is -3.39. The van der Waals surface area contributed by atoms with Gasteiger partial charge < -0.3 is 20.0 Å². The molecule has 3 aromatic carbocycles. The number of hydrogen-bond acceptors (Lipinski definition) is 5. The second-order valence-corrected chi connectivity index (χ2v) is 12.0. The lowest BCUT2D eigenvalue weighted by Gasteiger charge is -2.33. The van der Waals surface area contributed by atoms with Crippen molar-refractivity contribution in [3.63, 3.8) is 0 Å². The summed E-state index contributed by atoms with van der Waals surface area (Å²) in [6.07, 6.45) is 2.88. The number of fused-ring (bicyclic) bond motifs is 1. The first-order chi connectivity index (χ1) is 19.9. The van der Waals surface area contributed by atoms with Crippen molar-refractivity contribution in [3.8, 4) is 0 Å². The van der Waals surface area contributed by atoms with E-state index in [4.69, 9.17) is 0 Å². The summed E-state index contributed by atoms with van der Waals surface area (Å²) in [6.45, 7) is 14.2. The van der Waals surface area contributed by atoms with Crippen molar-refractivity contribution in [2.24, 2.45) is 0 Å². The number of piperazine rings is 1. The van der Waals surface area contributed by atoms with E-state index in [2.05, 4.69) is 60.2 Å². The molecule has 2 heterocycles. The fraction of sp³-hybridized carbons (Fsp3) is 0.353. The number of carbonyl (C=O) groups excluding carboxylic acids is 2. The summed E-state index contributed by atoms with van der Waals surface area (Å²) in [5.41, 5.74) is 5.98. The number of nitrogens with one attached hydrogen (secondary N) is 1. The number of para-hydroxylation sites is 1. The van der Waals surface area contributed by atoms with Crippen LogP contribution in [0.3, 0.4) is 0 Å². The van der Waals surface area contributed by atoms with Crippen LogP contribution in [0, 0.1) is 13.8 Å². The van der Waals surface area contributed by atoms with Gasteiger partial charge in [0.1, 0.15) is 0 Å². The number of likely N-dealkylation sites (N-methyl/N-ethyl adjacent to an activating group) is 1. The number of carbonyl (C=O) groups is 2. The smallest absolute Gasteiger partial charge is 0.265 e. The summed E-state index contributed by atoms with van der Waals surface area (Å²) in [5.74, 6) is -0.0655. The molecule has 0 atom stereocenters. The predicted molar refractivity (Wildman–Crippen MR) is 169 cm³/mol. The Bertz CT molecular complexity index is 1410. The predicted octanol–water partition coefficient (Wildman–Crippen LogP) is 5.74. The number of hydrogen-bond donors (Lipinski definition) is 1. The first kappa shape index (κ1) is 29.1. The van der Waals surface area contributed by atoms with Crippen molar-refractivity contribution in [3.05, 3.63) is 99.5 Å². The van der Waals surface area contributed by atoms with Crippen molar-refractivity contribution in [2.75, 3.05) is 50.7 Å². The molecule has 1 saturated heterocycles. The molecule has 0 saturated carbocycles. The molecule has 7 heteroatoms. The molecule has 0 radical (unpaired) electrons. The Morgan fingerprint density at radius 2 is 1.68 bits per heavy atom. The SMILES string of the molecule is CCN1CCN(CCCNC(=O)c2ccc(C=C3Sc4ccccc4N(Cc4cc(C)ccc4C)C3=O)cc2)CC1. The van der Waals surface area contributed by atoms with E-state index in [1.165, 1.54) is 22.9 Å². The molecule has 3 aromatic rings. The van der Waals surface area contributed by atoms with Gasteiger partial charge in [0.05, 0.1) is 17.1 Å². The minimum Gasteiger partial charge on any atom is -0.352 e. The highest BCUT2D eigenvalue weighted by atomic mass is 32.2. The van der Waals surface area contributed by atoms with E-state index in [0.29, 0.717) is 23.6 Å². The Labute approximate surface area is 248 Å². The van der Waals surface area contributed by atoms with Crippen LogP contribution in [0.5, 0.6) is 0 Å². The zero-order chi connectivity index (χ0) is 28.8. The third-order valence-electron chi connectivity index (χ3n) is 7.98. The third-order valence-corrected chi connectivity index (χ3v) is 9.06. The fourth-order valence-electron chi connectivity index (χ4n) is 5.38. The second kappa shape index (κ2) is 13.5. The molecule has 41 heavy (non-hydrogen) atoms. The quantitative estimate of drug-likeness (QED) is 0.264. The summed E-state index contributed by atoms with van der Waals surface area (Å²) in [4.78, 5) is 35.0. The van der Waals surface area contributed by atoms with Crippen molar-refractivity contribution in [1.29, 1.82) is 0 Å². The molecule has 1 N–H and O–H groups in total. The van der Waals surface area contributed by atoms with Crippen LogP contribution in [-0.2, 0) is 11.3 Å². The lowest BCUT2D eigenvalue weighted by atomic mass is 10.0. The number of rotatable bonds is 9. The van der Waals surface area contributed by atoms with E-state index in [0.717, 1.165) is 67.4 Å². The third kappa shape index (κ3) is 7.28. The topological polar surface area (TPSA) is 55.9 Å². The zero-order valence-corrected chi connectivity index (χ0v) is 25.2. The van der Waals surface area contributed by atoms with Gasteiger partial charge in [0.15, 0.2) is 0 Å². The first-order valence-electron chi connectivity index (χ1n) is 14.6. The Balaban J connectivity index is 1.21. The standard InChI is InChI=1S/C34H40N4O2S/c1-4-36-18-20-37(21-19-36)17-7-16-35-33(39)28-14-12-27(13-15-28)23-32-34(40)38(30-8-5-6-9-31(30)41-32)24-29-22-25(2)10-11-26(29)3/h5-6,8-15,22-23H,4,7,16-21,24H2,1-3H3,(H,35,39). The first-order valence-corrected chi connectivity index (χ1v) is 15.4. The fourth-order valence-corrected chi connectivity index (χ4v) is 6.44. The Kier molecular flexibility index (Phi) is 9.60. The van der Waals surface area contributed by atoms with Gasteiger partial charge in [0.25, 0.3) is 11.8 Å². The van der Waals surface area contributed by atoms with Crippen LogP contribution in [0.25, 0.3) is 6.08 Å². The van der Waals surface area contributed by atoms with Crippen molar-refractivity contribution in [2.45, 2.75) is 38.6 Å². The van der Waals surface area contributed by atoms with Gasteiger partial charge in [0.2, 0.25) is 0 Å². The maximum Gasteiger partial charge on any atom is 0.265 e. The Morgan fingerprint density at radius 1 is 0.951 bits per heavy atom. The largest absolute Gasteiger partial charge is 0.352 e. The maximum atomic E-state index is 13.7. The summed E-state index contributed by atoms with van der Waals surface area (Å²) in [6, 6.07) is 22.0. The number of thioether (sulfide) groups is 1. The highest BCUT2D eigenvalue weighted by molar-refractivity contribution is 8.04. The maximum absolute atomic E-state index is 13.7. The highest BCUT2D eigenvalue weighted by Crippen LogP contribution is 2.42. The Morgan fingerprint density at radius 3 is 2.44 bits per heavy atom. The van der Waals surface area contributed by atoms with E-state index in [-0.39, 0.29) is 11.8 Å². The molecule has 0 unspecified atom stereocenters. The minimum absolute atomic E-state index is 0.00691. The molecule has 2 aliphatic heterocycles. The van der Waals surface area contributed by atoms with Crippen molar-refractivity contribution < 1.29 is 9.59 Å². The summed E-state index contributed by atoms with van der Waals surface area (Å²) in [5, 5.41) is 3.06. The average Bonchev–Trinajstić information content (AvgIpc) is 2.99. The van der Waals surface area contributed by atoms with Crippen LogP contribution < -0.4 is 10.2 Å². The number of nitrogens with zero attached hydrogens (tertiary/aromatic N) is 3. The monoisotopic (exact) mass is 568 g/mol. The molecule has 2 amide bonds. The molecule has 214 valence electrons. The minimum atomic E-state index is -0.0586. The molecule has 0 aliphatic carbocycles. The van der Waals surface area contributed by atoms with E-state index < -0.39 is 0 Å². The van der Waals surface area contributed by atoms with Crippen LogP contribution in [0.15, 0.2) is 76.5 Å². The number of benzene rings is 3. The lowest BCUT2D eigenvalue weighted by molar-refractivity contribution is -0.114. The average molecular weight is 569 g/mol. The number of aryl methyl sites for hydroxylation is 2. The van der Waals surface area contributed by atoms with Gasteiger partial charge >= 0.3 is 0 Å². The van der Waals surface area contributed by atoms with Crippen LogP contribution >= 0.6 is 11.8 Å². The van der Waals surface area contributed by atoms with Crippen molar-refractivity contribution >= 4 is 35.3 Å². The highest BCUT2D eigenvalue weighted by Gasteiger charge is 2.29. The van der Waals surface area contributed by atoms with Crippen LogP contribution in [-0.4, -0.2) is 67.4 Å². The molecule has 2 aliphatic rings. The number of amides is 2. The van der Waals surface area contributed by atoms with Gasteiger partial charge in [-0.2, -0.15) is 0 Å². The lowest BCUT2D eigenvalue weighted by Crippen LogP contribution is -2.46. The second-order valence-electron chi connectivity index (χ2n) is 10.9. The van der Waals surface area contributed by atoms with E-state index in [1.807, 2.05) is 53.4 Å². The molecular formula is C34H40N4O2S. The van der Waals surface area contributed by atoms with Gasteiger partial charge in [-0.3, -0.25) is 9.59 Å². The molecule has 0 spiro atoms. The molecule has 6 nitrogen and oxygen atoms in total. The zero-order valence-electron chi connectivity index (χ0n) is 24.4. The van der Waals surface area contributed by atoms with Gasteiger partial charge in [0, 0.05) is 43.2 Å². The van der Waals surface area contributed by atoms with Gasteiger partial charge in [-0.15, -0.1) is 0 Å². The molecular weight excluding hydrogens is 528 g/mol. The molecule has 1 fully saturated rings. The van der Waals surface area contributed by atoms with E-state index in [1.54, 1.807) is 0 Å². The summed E-state index contributed by atoms with van der Waals surface area (Å²) in [7, 11) is 0. The normalized spacial score (nSPS) is 17.1. The van der Waals surface area contributed by atoms with Gasteiger partial charge in [-0.1, -0.05) is 66.7 Å². The van der Waals surface area contributed by atoms with E-state index in [9.17, 15) is 9.59 Å². The van der Waals surface area contributed by atoms with Crippen LogP contribution in [0.4, 0.5) is 5.69 Å². The number of anilines is 1. The summed E-state index contributed by atoms with van der Waals surface area (Å²) < 4.78 is 0. The van der Waals surface area contributed by atoms with Gasteiger partial charge in [-0.25, -0.2) is 0 Å². The van der Waals surface area contributed by atoms with E-state index >= 15 is 0 Å².